The Labute approximate surface area is 199 Å². The number of hydrogen-bond acceptors (Lipinski definition) is 4. The van der Waals surface area contributed by atoms with Gasteiger partial charge in [0.15, 0.2) is 0 Å². The van der Waals surface area contributed by atoms with Crippen molar-refractivity contribution in [2.24, 2.45) is 0 Å². The van der Waals surface area contributed by atoms with Gasteiger partial charge >= 0.3 is 0 Å². The number of halogens is 1. The molecule has 0 spiro atoms. The number of hydrogen-bond donors (Lipinski definition) is 1. The van der Waals surface area contributed by atoms with Gasteiger partial charge in [-0.1, -0.05) is 60.3 Å². The highest BCUT2D eigenvalue weighted by Crippen LogP contribution is 2.42. The Balaban J connectivity index is 1.59. The number of para-hydroxylation sites is 2. The van der Waals surface area contributed by atoms with Gasteiger partial charge in [0.05, 0.1) is 5.25 Å². The second-order valence-corrected chi connectivity index (χ2v) is 9.01. The van der Waals surface area contributed by atoms with Crippen molar-refractivity contribution < 1.29 is 14.0 Å². The van der Waals surface area contributed by atoms with Crippen LogP contribution in [0, 0.1) is 17.1 Å². The molecule has 1 amide bonds. The van der Waals surface area contributed by atoms with E-state index < -0.39 is 11.0 Å². The Hall–Kier alpha value is -4.15. The summed E-state index contributed by atoms with van der Waals surface area (Å²) in [7, 11) is 0. The second-order valence-electron chi connectivity index (χ2n) is 7.82. The summed E-state index contributed by atoms with van der Waals surface area (Å²) in [6.45, 7) is 0. The first-order valence-corrected chi connectivity index (χ1v) is 11.5. The minimum absolute atomic E-state index is 0.0893. The molecular weight excluding hydrogens is 449 g/mol. The van der Waals surface area contributed by atoms with E-state index in [2.05, 4.69) is 11.1 Å². The van der Waals surface area contributed by atoms with Gasteiger partial charge in [-0.2, -0.15) is 5.26 Å². The molecule has 7 heteroatoms. The molecule has 4 aromatic rings. The average Bonchev–Trinajstić information content (AvgIpc) is 3.43. The molecule has 166 valence electrons. The standard InChI is InChI=1S/C27H18FN3O2S/c28-18-12-10-17(11-13-18)14-24-26(33)31(19-6-2-1-3-7-19)27(34-24)21(15-29)25(32)22-16-30-23-9-5-4-8-20(22)23/h1-13,16,24,30H,14H2/b27-21-. The summed E-state index contributed by atoms with van der Waals surface area (Å²) in [5.74, 6) is -1.02. The molecule has 1 unspecified atom stereocenters. The maximum atomic E-state index is 13.5. The van der Waals surface area contributed by atoms with E-state index in [1.54, 1.807) is 42.6 Å². The molecule has 1 aliphatic heterocycles. The van der Waals surface area contributed by atoms with Gasteiger partial charge < -0.3 is 4.98 Å². The topological polar surface area (TPSA) is 77.0 Å². The molecule has 0 saturated carbocycles. The van der Waals surface area contributed by atoms with Crippen LogP contribution in [0.25, 0.3) is 10.9 Å². The van der Waals surface area contributed by atoms with Crippen LogP contribution < -0.4 is 4.90 Å². The van der Waals surface area contributed by atoms with Crippen LogP contribution in [0.4, 0.5) is 10.1 Å². The Morgan fingerprint density at radius 1 is 1.03 bits per heavy atom. The van der Waals surface area contributed by atoms with E-state index in [1.165, 1.54) is 28.8 Å². The molecule has 1 saturated heterocycles. The minimum Gasteiger partial charge on any atom is -0.360 e. The summed E-state index contributed by atoms with van der Waals surface area (Å²) >= 11 is 1.19. The zero-order valence-corrected chi connectivity index (χ0v) is 18.7. The highest BCUT2D eigenvalue weighted by molar-refractivity contribution is 8.05. The minimum atomic E-state index is -0.556. The average molecular weight is 468 g/mol. The van der Waals surface area contributed by atoms with Gasteiger partial charge in [0.2, 0.25) is 11.7 Å². The number of carbonyl (C=O) groups is 2. The lowest BCUT2D eigenvalue weighted by molar-refractivity contribution is -0.117. The van der Waals surface area contributed by atoms with Crippen molar-refractivity contribution in [3.8, 4) is 6.07 Å². The molecular formula is C27H18FN3O2S. The zero-order valence-electron chi connectivity index (χ0n) is 17.9. The fourth-order valence-electron chi connectivity index (χ4n) is 4.03. The molecule has 1 aliphatic rings. The molecule has 34 heavy (non-hydrogen) atoms. The zero-order chi connectivity index (χ0) is 23.7. The van der Waals surface area contributed by atoms with Crippen LogP contribution in [0.5, 0.6) is 0 Å². The highest BCUT2D eigenvalue weighted by Gasteiger charge is 2.41. The van der Waals surface area contributed by atoms with Crippen LogP contribution in [-0.2, 0) is 11.2 Å². The molecule has 3 aromatic carbocycles. The lowest BCUT2D eigenvalue weighted by Gasteiger charge is -2.18. The van der Waals surface area contributed by atoms with Gasteiger partial charge in [-0.25, -0.2) is 4.39 Å². The number of nitrogens with zero attached hydrogens (tertiary/aromatic N) is 2. The number of aromatic amines is 1. The number of aromatic nitrogens is 1. The third kappa shape index (κ3) is 3.89. The van der Waals surface area contributed by atoms with Crippen molar-refractivity contribution in [2.75, 3.05) is 4.90 Å². The largest absolute Gasteiger partial charge is 0.360 e. The maximum Gasteiger partial charge on any atom is 0.245 e. The number of anilines is 1. The van der Waals surface area contributed by atoms with E-state index in [4.69, 9.17) is 0 Å². The third-order valence-electron chi connectivity index (χ3n) is 5.69. The van der Waals surface area contributed by atoms with Gasteiger partial charge in [-0.05, 0) is 42.3 Å². The number of H-pyrrole nitrogens is 1. The smallest absolute Gasteiger partial charge is 0.245 e. The normalized spacial score (nSPS) is 17.1. The molecule has 1 atom stereocenters. The summed E-state index contributed by atoms with van der Waals surface area (Å²) in [6, 6.07) is 24.4. The molecule has 1 N–H and O–H groups in total. The molecule has 5 nitrogen and oxygen atoms in total. The van der Waals surface area contributed by atoms with Crippen molar-refractivity contribution in [1.29, 1.82) is 5.26 Å². The van der Waals surface area contributed by atoms with Crippen LogP contribution in [0.1, 0.15) is 15.9 Å². The number of ketones is 1. The Morgan fingerprint density at radius 3 is 2.47 bits per heavy atom. The van der Waals surface area contributed by atoms with E-state index in [0.717, 1.165) is 11.1 Å². The number of Topliss-reactive ketones (excluding diaryl/α,β-unsaturated/α-hetero) is 1. The number of nitriles is 1. The number of amides is 1. The first-order valence-electron chi connectivity index (χ1n) is 10.6. The number of nitrogens with one attached hydrogen (secondary N) is 1. The van der Waals surface area contributed by atoms with Crippen molar-refractivity contribution >= 4 is 40.0 Å². The van der Waals surface area contributed by atoms with Crippen LogP contribution in [0.2, 0.25) is 0 Å². The maximum absolute atomic E-state index is 13.5. The Kier molecular flexibility index (Phi) is 5.74. The number of allylic oxidation sites excluding steroid dienone is 1. The van der Waals surface area contributed by atoms with Crippen molar-refractivity contribution in [3.63, 3.8) is 0 Å². The molecule has 0 radical (unpaired) electrons. The fourth-order valence-corrected chi connectivity index (χ4v) is 5.34. The molecule has 1 aromatic heterocycles. The van der Waals surface area contributed by atoms with Gasteiger partial charge in [0, 0.05) is 28.4 Å². The second kappa shape index (κ2) is 9.00. The predicted molar refractivity (Wildman–Crippen MR) is 131 cm³/mol. The van der Waals surface area contributed by atoms with Gasteiger partial charge in [0.1, 0.15) is 22.5 Å². The van der Waals surface area contributed by atoms with E-state index in [1.807, 2.05) is 30.3 Å². The highest BCUT2D eigenvalue weighted by atomic mass is 32.2. The lowest BCUT2D eigenvalue weighted by atomic mass is 10.0. The Bertz CT molecular complexity index is 1470. The first-order chi connectivity index (χ1) is 16.6. The Morgan fingerprint density at radius 2 is 1.74 bits per heavy atom. The summed E-state index contributed by atoms with van der Waals surface area (Å²) in [5, 5.41) is 10.5. The molecule has 5 rings (SSSR count). The number of benzene rings is 3. The van der Waals surface area contributed by atoms with Crippen LogP contribution in [-0.4, -0.2) is 21.9 Å². The van der Waals surface area contributed by atoms with E-state index in [-0.39, 0.29) is 17.3 Å². The summed E-state index contributed by atoms with van der Waals surface area (Å²) in [5.41, 5.74) is 2.45. The number of carbonyl (C=O) groups excluding carboxylic acids is 2. The van der Waals surface area contributed by atoms with Crippen LogP contribution >= 0.6 is 11.8 Å². The van der Waals surface area contributed by atoms with Gasteiger partial charge in [-0.3, -0.25) is 14.5 Å². The summed E-state index contributed by atoms with van der Waals surface area (Å²) < 4.78 is 13.3. The van der Waals surface area contributed by atoms with E-state index >= 15 is 0 Å². The lowest BCUT2D eigenvalue weighted by Crippen LogP contribution is -2.30. The van der Waals surface area contributed by atoms with Gasteiger partial charge in [0.25, 0.3) is 0 Å². The summed E-state index contributed by atoms with van der Waals surface area (Å²) in [4.78, 5) is 31.5. The molecule has 0 bridgehead atoms. The van der Waals surface area contributed by atoms with Crippen LogP contribution in [0.15, 0.2) is 95.7 Å². The quantitative estimate of drug-likeness (QED) is 0.235. The number of fused-ring (bicyclic) bond motifs is 1. The SMILES string of the molecule is N#C/C(C(=O)c1c[nH]c2ccccc12)=C1/SC(Cc2ccc(F)cc2)C(=O)N1c1ccccc1. The monoisotopic (exact) mass is 467 g/mol. The van der Waals surface area contributed by atoms with Crippen molar-refractivity contribution in [3.05, 3.63) is 113 Å². The fraction of sp³-hybridized carbons (Fsp3) is 0.0741. The molecule has 2 heterocycles. The van der Waals surface area contributed by atoms with Crippen LogP contribution in [0.3, 0.4) is 0 Å². The third-order valence-corrected chi connectivity index (χ3v) is 6.95. The molecule has 1 fully saturated rings. The van der Waals surface area contributed by atoms with E-state index in [0.29, 0.717) is 28.1 Å². The first kappa shape index (κ1) is 21.7. The number of rotatable bonds is 5. The summed E-state index contributed by atoms with van der Waals surface area (Å²) in [6.07, 6.45) is 1.94. The van der Waals surface area contributed by atoms with Crippen molar-refractivity contribution in [1.82, 2.24) is 4.98 Å². The van der Waals surface area contributed by atoms with Gasteiger partial charge in [-0.15, -0.1) is 0 Å². The number of thioether (sulfide) groups is 1. The predicted octanol–water partition coefficient (Wildman–Crippen LogP) is 5.62. The van der Waals surface area contributed by atoms with Crippen molar-refractivity contribution in [2.45, 2.75) is 11.7 Å². The molecule has 0 aliphatic carbocycles. The van der Waals surface area contributed by atoms with E-state index in [9.17, 15) is 19.2 Å².